The van der Waals surface area contributed by atoms with Gasteiger partial charge < -0.3 is 20.5 Å². The predicted octanol–water partition coefficient (Wildman–Crippen LogP) is -0.726. The maximum absolute atomic E-state index is 8.60. The summed E-state index contributed by atoms with van der Waals surface area (Å²) < 4.78 is 4.92. The molecule has 0 rings (SSSR count). The van der Waals surface area contributed by atoms with Gasteiger partial charge in [-0.15, -0.1) is 0 Å². The number of rotatable bonds is 7. The van der Waals surface area contributed by atoms with E-state index in [1.807, 2.05) is 7.05 Å². The van der Waals surface area contributed by atoms with Crippen molar-refractivity contribution in [2.45, 2.75) is 12.5 Å². The van der Waals surface area contributed by atoms with Crippen LogP contribution in [0, 0.1) is 0 Å². The molecule has 74 valence electrons. The predicted molar refractivity (Wildman–Crippen MR) is 49.1 cm³/mol. The average molecular weight is 176 g/mol. The summed E-state index contributed by atoms with van der Waals surface area (Å²) in [6, 6.07) is 0.0665. The lowest BCUT2D eigenvalue weighted by Gasteiger charge is -2.19. The molecule has 1 atom stereocenters. The highest BCUT2D eigenvalue weighted by Gasteiger charge is 2.05. The molecule has 3 N–H and O–H groups in total. The molecule has 0 saturated carbocycles. The summed E-state index contributed by atoms with van der Waals surface area (Å²) in [7, 11) is 3.68. The van der Waals surface area contributed by atoms with Gasteiger partial charge in [-0.3, -0.25) is 0 Å². The van der Waals surface area contributed by atoms with Crippen molar-refractivity contribution in [2.75, 3.05) is 40.5 Å². The van der Waals surface area contributed by atoms with E-state index in [1.54, 1.807) is 7.11 Å². The van der Waals surface area contributed by atoms with Crippen molar-refractivity contribution in [3.05, 3.63) is 0 Å². The minimum Gasteiger partial charge on any atom is -0.396 e. The van der Waals surface area contributed by atoms with E-state index < -0.39 is 0 Å². The summed E-state index contributed by atoms with van der Waals surface area (Å²) in [4.78, 5) is 2.10. The maximum atomic E-state index is 8.60. The molecule has 0 aliphatic rings. The second-order valence-electron chi connectivity index (χ2n) is 3.03. The van der Waals surface area contributed by atoms with Gasteiger partial charge in [-0.05, 0) is 13.5 Å². The number of hydrogen-bond donors (Lipinski definition) is 2. The van der Waals surface area contributed by atoms with E-state index in [4.69, 9.17) is 15.6 Å². The number of hydrogen-bond acceptors (Lipinski definition) is 4. The molecule has 4 nitrogen and oxygen atoms in total. The number of aliphatic hydroxyl groups is 1. The lowest BCUT2D eigenvalue weighted by molar-refractivity contribution is 0.155. The Morgan fingerprint density at radius 2 is 2.25 bits per heavy atom. The minimum absolute atomic E-state index is 0.0665. The first-order valence-electron chi connectivity index (χ1n) is 4.24. The van der Waals surface area contributed by atoms with Crippen LogP contribution >= 0.6 is 0 Å². The van der Waals surface area contributed by atoms with Gasteiger partial charge in [0, 0.05) is 32.8 Å². The molecule has 0 radical (unpaired) electrons. The third kappa shape index (κ3) is 6.54. The molecular weight excluding hydrogens is 156 g/mol. The highest BCUT2D eigenvalue weighted by Crippen LogP contribution is 1.90. The van der Waals surface area contributed by atoms with Crippen LogP contribution in [-0.2, 0) is 4.74 Å². The standard InChI is InChI=1S/C8H20N2O2/c1-10(4-6-12-2)7-8(9)3-5-11/h8,11H,3-7,9H2,1-2H3. The van der Waals surface area contributed by atoms with Crippen molar-refractivity contribution in [1.29, 1.82) is 0 Å². The zero-order valence-electron chi connectivity index (χ0n) is 7.99. The lowest BCUT2D eigenvalue weighted by Crippen LogP contribution is -2.37. The number of methoxy groups -OCH3 is 1. The molecule has 0 aromatic carbocycles. The second kappa shape index (κ2) is 7.49. The first-order chi connectivity index (χ1) is 5.70. The van der Waals surface area contributed by atoms with E-state index in [0.717, 1.165) is 19.7 Å². The summed E-state index contributed by atoms with van der Waals surface area (Å²) in [5.74, 6) is 0. The zero-order valence-corrected chi connectivity index (χ0v) is 7.99. The average Bonchev–Trinajstić information content (AvgIpc) is 2.01. The van der Waals surface area contributed by atoms with Gasteiger partial charge in [0.1, 0.15) is 0 Å². The van der Waals surface area contributed by atoms with Crippen molar-refractivity contribution in [3.63, 3.8) is 0 Å². The van der Waals surface area contributed by atoms with Gasteiger partial charge in [0.15, 0.2) is 0 Å². The fraction of sp³-hybridized carbons (Fsp3) is 1.00. The highest BCUT2D eigenvalue weighted by molar-refractivity contribution is 4.64. The number of aliphatic hydroxyl groups excluding tert-OH is 1. The van der Waals surface area contributed by atoms with Gasteiger partial charge >= 0.3 is 0 Å². The topological polar surface area (TPSA) is 58.7 Å². The Morgan fingerprint density at radius 3 is 2.75 bits per heavy atom. The maximum Gasteiger partial charge on any atom is 0.0589 e. The van der Waals surface area contributed by atoms with E-state index >= 15 is 0 Å². The van der Waals surface area contributed by atoms with Crippen LogP contribution < -0.4 is 5.73 Å². The fourth-order valence-electron chi connectivity index (χ4n) is 0.996. The van der Waals surface area contributed by atoms with Gasteiger partial charge in [-0.25, -0.2) is 0 Å². The molecular formula is C8H20N2O2. The van der Waals surface area contributed by atoms with E-state index in [0.29, 0.717) is 6.42 Å². The van der Waals surface area contributed by atoms with Crippen LogP contribution in [0.1, 0.15) is 6.42 Å². The van der Waals surface area contributed by atoms with E-state index in [2.05, 4.69) is 4.90 Å². The third-order valence-corrected chi connectivity index (χ3v) is 1.72. The smallest absolute Gasteiger partial charge is 0.0589 e. The van der Waals surface area contributed by atoms with Gasteiger partial charge in [0.2, 0.25) is 0 Å². The summed E-state index contributed by atoms with van der Waals surface area (Å²) in [6.45, 7) is 2.58. The van der Waals surface area contributed by atoms with Crippen LogP contribution in [0.5, 0.6) is 0 Å². The monoisotopic (exact) mass is 176 g/mol. The summed E-state index contributed by atoms with van der Waals surface area (Å²) in [5, 5.41) is 8.60. The van der Waals surface area contributed by atoms with Crippen molar-refractivity contribution in [1.82, 2.24) is 4.90 Å². The Labute approximate surface area is 74.3 Å². The molecule has 0 saturated heterocycles. The largest absolute Gasteiger partial charge is 0.396 e. The lowest BCUT2D eigenvalue weighted by atomic mass is 10.2. The van der Waals surface area contributed by atoms with Crippen LogP contribution in [-0.4, -0.2) is 56.5 Å². The summed E-state index contributed by atoms with van der Waals surface area (Å²) >= 11 is 0. The molecule has 0 aliphatic heterocycles. The Hall–Kier alpha value is -0.160. The van der Waals surface area contributed by atoms with Crippen LogP contribution in [0.3, 0.4) is 0 Å². The molecule has 0 aromatic rings. The van der Waals surface area contributed by atoms with Gasteiger partial charge in [0.25, 0.3) is 0 Å². The van der Waals surface area contributed by atoms with Crippen molar-refractivity contribution < 1.29 is 9.84 Å². The number of likely N-dealkylation sites (N-methyl/N-ethyl adjacent to an activating group) is 1. The van der Waals surface area contributed by atoms with Crippen molar-refractivity contribution in [3.8, 4) is 0 Å². The minimum atomic E-state index is 0.0665. The molecule has 0 aliphatic carbocycles. The highest BCUT2D eigenvalue weighted by atomic mass is 16.5. The molecule has 0 fully saturated rings. The zero-order chi connectivity index (χ0) is 9.40. The summed E-state index contributed by atoms with van der Waals surface area (Å²) in [5.41, 5.74) is 5.71. The number of ether oxygens (including phenoxy) is 1. The Bertz CT molecular complexity index is 101. The van der Waals surface area contributed by atoms with Crippen LogP contribution in [0.15, 0.2) is 0 Å². The van der Waals surface area contributed by atoms with E-state index in [1.165, 1.54) is 0 Å². The SMILES string of the molecule is COCCN(C)CC(N)CCO. The molecule has 4 heteroatoms. The molecule has 0 bridgehead atoms. The van der Waals surface area contributed by atoms with Gasteiger partial charge in [-0.1, -0.05) is 0 Å². The van der Waals surface area contributed by atoms with Crippen molar-refractivity contribution >= 4 is 0 Å². The molecule has 0 heterocycles. The third-order valence-electron chi connectivity index (χ3n) is 1.72. The molecule has 12 heavy (non-hydrogen) atoms. The Morgan fingerprint density at radius 1 is 1.58 bits per heavy atom. The Balaban J connectivity index is 3.33. The molecule has 0 amide bonds. The van der Waals surface area contributed by atoms with Gasteiger partial charge in [-0.2, -0.15) is 0 Å². The molecule has 0 aromatic heterocycles. The van der Waals surface area contributed by atoms with E-state index in [9.17, 15) is 0 Å². The molecule has 0 spiro atoms. The van der Waals surface area contributed by atoms with Crippen molar-refractivity contribution in [2.24, 2.45) is 5.73 Å². The fourth-order valence-corrected chi connectivity index (χ4v) is 0.996. The second-order valence-corrected chi connectivity index (χ2v) is 3.03. The quantitative estimate of drug-likeness (QED) is 0.537. The van der Waals surface area contributed by atoms with Crippen LogP contribution in [0.4, 0.5) is 0 Å². The summed E-state index contributed by atoms with van der Waals surface area (Å²) in [6.07, 6.45) is 0.664. The Kier molecular flexibility index (Phi) is 7.39. The van der Waals surface area contributed by atoms with Gasteiger partial charge in [0.05, 0.1) is 6.61 Å². The van der Waals surface area contributed by atoms with Crippen LogP contribution in [0.2, 0.25) is 0 Å². The van der Waals surface area contributed by atoms with Crippen LogP contribution in [0.25, 0.3) is 0 Å². The first kappa shape index (κ1) is 11.8. The first-order valence-corrected chi connectivity index (χ1v) is 4.24. The normalized spacial score (nSPS) is 13.8. The number of nitrogens with two attached hydrogens (primary N) is 1. The molecule has 1 unspecified atom stereocenters. The number of nitrogens with zero attached hydrogens (tertiary/aromatic N) is 1. The van der Waals surface area contributed by atoms with E-state index in [-0.39, 0.29) is 12.6 Å².